The number of fused-ring (bicyclic) bond motifs is 3. The lowest BCUT2D eigenvalue weighted by atomic mass is 10.2. The molecule has 138 valence electrons. The molecule has 7 heteroatoms. The van der Waals surface area contributed by atoms with Crippen molar-refractivity contribution in [3.8, 4) is 17.2 Å². The Kier molecular flexibility index (Phi) is 3.73. The maximum absolute atomic E-state index is 12.6. The van der Waals surface area contributed by atoms with Crippen LogP contribution in [0.3, 0.4) is 0 Å². The lowest BCUT2D eigenvalue weighted by molar-refractivity contribution is 0.478. The number of hydrogen-bond acceptors (Lipinski definition) is 4. The van der Waals surface area contributed by atoms with Crippen molar-refractivity contribution in [1.82, 2.24) is 9.29 Å². The van der Waals surface area contributed by atoms with Crippen molar-refractivity contribution in [1.29, 1.82) is 0 Å². The van der Waals surface area contributed by atoms with Crippen LogP contribution in [0.1, 0.15) is 12.8 Å². The molecular weight excluding hydrogens is 362 g/mol. The third-order valence-corrected chi connectivity index (χ3v) is 6.52. The Hall–Kier alpha value is -2.77. The van der Waals surface area contributed by atoms with Gasteiger partial charge in [-0.25, -0.2) is 8.42 Å². The Labute approximate surface area is 158 Å². The monoisotopic (exact) mass is 381 g/mol. The van der Waals surface area contributed by atoms with Crippen molar-refractivity contribution in [2.24, 2.45) is 0 Å². The number of rotatable bonds is 3. The Morgan fingerprint density at radius 2 is 1.81 bits per heavy atom. The van der Waals surface area contributed by atoms with Crippen molar-refractivity contribution < 1.29 is 13.2 Å². The summed E-state index contributed by atoms with van der Waals surface area (Å²) in [5, 5.41) is 0. The van der Waals surface area contributed by atoms with Crippen LogP contribution in [0, 0.1) is 0 Å². The molecule has 0 saturated carbocycles. The van der Waals surface area contributed by atoms with Crippen LogP contribution in [0.4, 0.5) is 5.69 Å². The molecule has 27 heavy (non-hydrogen) atoms. The van der Waals surface area contributed by atoms with Crippen LogP contribution < -0.4 is 14.4 Å². The van der Waals surface area contributed by atoms with Gasteiger partial charge in [-0.1, -0.05) is 6.07 Å². The summed E-state index contributed by atoms with van der Waals surface area (Å²) in [5.74, 6) is 1.16. The molecule has 0 aliphatic carbocycles. The first kappa shape index (κ1) is 16.4. The fourth-order valence-corrected chi connectivity index (χ4v) is 5.24. The molecule has 1 unspecified atom stereocenters. The molecule has 0 radical (unpaired) electrons. The molecule has 3 aromatic rings. The summed E-state index contributed by atoms with van der Waals surface area (Å²) >= 11 is 0. The molecule has 1 saturated heterocycles. The van der Waals surface area contributed by atoms with E-state index in [2.05, 4.69) is 9.62 Å². The van der Waals surface area contributed by atoms with E-state index in [0.717, 1.165) is 30.8 Å². The van der Waals surface area contributed by atoms with Crippen molar-refractivity contribution >= 4 is 15.7 Å². The topological polar surface area (TPSA) is 63.6 Å². The van der Waals surface area contributed by atoms with Gasteiger partial charge in [-0.15, -0.1) is 0 Å². The summed E-state index contributed by atoms with van der Waals surface area (Å²) in [6.07, 6.45) is 5.61. The van der Waals surface area contributed by atoms with Crippen LogP contribution in [-0.4, -0.2) is 25.7 Å². The van der Waals surface area contributed by atoms with Gasteiger partial charge in [0, 0.05) is 36.8 Å². The van der Waals surface area contributed by atoms with Gasteiger partial charge in [-0.05, 0) is 49.2 Å². The van der Waals surface area contributed by atoms with Crippen LogP contribution >= 0.6 is 0 Å². The predicted molar refractivity (Wildman–Crippen MR) is 103 cm³/mol. The van der Waals surface area contributed by atoms with E-state index >= 15 is 0 Å². The van der Waals surface area contributed by atoms with Gasteiger partial charge in [0.2, 0.25) is 10.0 Å². The van der Waals surface area contributed by atoms with E-state index in [-0.39, 0.29) is 11.1 Å². The summed E-state index contributed by atoms with van der Waals surface area (Å²) < 4.78 is 36.0. The lowest BCUT2D eigenvalue weighted by Crippen LogP contribution is -2.48. The van der Waals surface area contributed by atoms with Gasteiger partial charge in [0.15, 0.2) is 0 Å². The molecule has 1 atom stereocenters. The fourth-order valence-electron chi connectivity index (χ4n) is 3.78. The first-order valence-corrected chi connectivity index (χ1v) is 10.4. The summed E-state index contributed by atoms with van der Waals surface area (Å²) in [4.78, 5) is 2.40. The summed E-state index contributed by atoms with van der Waals surface area (Å²) in [7, 11) is -3.53. The molecule has 3 heterocycles. The predicted octanol–water partition coefficient (Wildman–Crippen LogP) is 3.49. The third kappa shape index (κ3) is 2.89. The van der Waals surface area contributed by atoms with Crippen LogP contribution in [0.15, 0.2) is 71.9 Å². The number of nitrogens with one attached hydrogen (secondary N) is 1. The van der Waals surface area contributed by atoms with E-state index < -0.39 is 10.0 Å². The minimum Gasteiger partial charge on any atom is -0.457 e. The number of nitrogens with zero attached hydrogens (tertiary/aromatic N) is 2. The van der Waals surface area contributed by atoms with Crippen LogP contribution in [-0.2, 0) is 10.0 Å². The number of ether oxygens (including phenoxy) is 1. The quantitative estimate of drug-likeness (QED) is 0.754. The zero-order valence-corrected chi connectivity index (χ0v) is 15.4. The first-order chi connectivity index (χ1) is 13.1. The Morgan fingerprint density at radius 1 is 1.00 bits per heavy atom. The average Bonchev–Trinajstić information content (AvgIpc) is 3.33. The van der Waals surface area contributed by atoms with E-state index in [1.165, 1.54) is 0 Å². The maximum Gasteiger partial charge on any atom is 0.244 e. The first-order valence-electron chi connectivity index (χ1n) is 8.94. The second-order valence-corrected chi connectivity index (χ2v) is 8.47. The van der Waals surface area contributed by atoms with Crippen molar-refractivity contribution in [3.05, 3.63) is 67.0 Å². The average molecular weight is 381 g/mol. The van der Waals surface area contributed by atoms with Gasteiger partial charge in [-0.3, -0.25) is 0 Å². The maximum atomic E-state index is 12.6. The zero-order valence-electron chi connectivity index (χ0n) is 14.6. The van der Waals surface area contributed by atoms with E-state index in [9.17, 15) is 8.42 Å². The summed E-state index contributed by atoms with van der Waals surface area (Å²) in [5.41, 5.74) is 1.73. The molecular formula is C20H19N3O3S. The second kappa shape index (κ2) is 6.14. The molecule has 2 aromatic carbocycles. The van der Waals surface area contributed by atoms with Crippen LogP contribution in [0.2, 0.25) is 0 Å². The molecule has 2 aliphatic rings. The minimum absolute atomic E-state index is 0.132. The van der Waals surface area contributed by atoms with Crippen molar-refractivity contribution in [3.63, 3.8) is 0 Å². The van der Waals surface area contributed by atoms with E-state index in [0.29, 0.717) is 11.5 Å². The van der Waals surface area contributed by atoms with Crippen LogP contribution in [0.25, 0.3) is 5.69 Å². The van der Waals surface area contributed by atoms with E-state index in [4.69, 9.17) is 4.74 Å². The second-order valence-electron chi connectivity index (χ2n) is 6.79. The number of sulfonamides is 1. The third-order valence-electron chi connectivity index (χ3n) is 5.03. The highest BCUT2D eigenvalue weighted by Gasteiger charge is 2.37. The molecule has 1 aromatic heterocycles. The highest BCUT2D eigenvalue weighted by atomic mass is 32.2. The van der Waals surface area contributed by atoms with Gasteiger partial charge in [0.05, 0.1) is 11.9 Å². The highest BCUT2D eigenvalue weighted by molar-refractivity contribution is 7.89. The normalized spacial score (nSPS) is 20.1. The Bertz CT molecular complexity index is 1090. The smallest absolute Gasteiger partial charge is 0.244 e. The largest absolute Gasteiger partial charge is 0.457 e. The minimum atomic E-state index is -3.53. The molecule has 0 spiro atoms. The molecule has 1 fully saturated rings. The highest BCUT2D eigenvalue weighted by Crippen LogP contribution is 2.38. The molecule has 6 nitrogen and oxygen atoms in total. The lowest BCUT2D eigenvalue weighted by Gasteiger charge is -2.33. The number of benzene rings is 2. The van der Waals surface area contributed by atoms with Gasteiger partial charge >= 0.3 is 0 Å². The zero-order chi connectivity index (χ0) is 18.4. The Balaban J connectivity index is 1.48. The van der Waals surface area contributed by atoms with E-state index in [1.807, 2.05) is 65.5 Å². The van der Waals surface area contributed by atoms with Crippen LogP contribution in [0.5, 0.6) is 11.5 Å². The Morgan fingerprint density at radius 3 is 2.67 bits per heavy atom. The fraction of sp³-hybridized carbons (Fsp3) is 0.200. The van der Waals surface area contributed by atoms with Gasteiger partial charge in [0.25, 0.3) is 0 Å². The number of hydrogen-bond donors (Lipinski definition) is 1. The van der Waals surface area contributed by atoms with E-state index in [1.54, 1.807) is 6.07 Å². The molecule has 1 N–H and O–H groups in total. The SMILES string of the molecule is O=S1(=O)NC2CCCN2c2ccc(Oc3cccc(-n4cccc4)c3)cc21. The summed E-state index contributed by atoms with van der Waals surface area (Å²) in [6, 6.07) is 16.9. The van der Waals surface area contributed by atoms with Gasteiger partial charge < -0.3 is 14.2 Å². The van der Waals surface area contributed by atoms with Gasteiger partial charge in [0.1, 0.15) is 16.4 Å². The van der Waals surface area contributed by atoms with Crippen molar-refractivity contribution in [2.45, 2.75) is 23.9 Å². The summed E-state index contributed by atoms with van der Waals surface area (Å²) in [6.45, 7) is 0.860. The van der Waals surface area contributed by atoms with Crippen molar-refractivity contribution in [2.75, 3.05) is 11.4 Å². The number of anilines is 1. The molecule has 0 bridgehead atoms. The standard InChI is InChI=1S/C20H19N3O3S/c24-27(25)19-14-17(8-9-18(19)23-12-4-7-20(23)21-27)26-16-6-3-5-15(13-16)22-10-1-2-11-22/h1-3,5-6,8-11,13-14,20-21H,4,7,12H2. The number of aromatic nitrogens is 1. The molecule has 2 aliphatic heterocycles. The molecule has 0 amide bonds. The van der Waals surface area contributed by atoms with Gasteiger partial charge in [-0.2, -0.15) is 4.72 Å². The molecule has 5 rings (SSSR count).